The van der Waals surface area contributed by atoms with Gasteiger partial charge in [0.15, 0.2) is 0 Å². The van der Waals surface area contributed by atoms with Crippen LogP contribution in [-0.4, -0.2) is 23.9 Å². The Balaban J connectivity index is 2.76. The maximum absolute atomic E-state index is 11.9. The van der Waals surface area contributed by atoms with Crippen molar-refractivity contribution in [2.24, 2.45) is 0 Å². The molecule has 2 nitrogen and oxygen atoms in total. The van der Waals surface area contributed by atoms with E-state index in [0.717, 1.165) is 5.56 Å². The largest absolute Gasteiger partial charge is 0.342 e. The van der Waals surface area contributed by atoms with E-state index in [-0.39, 0.29) is 5.91 Å². The minimum absolute atomic E-state index is 0.0205. The van der Waals surface area contributed by atoms with Crippen molar-refractivity contribution in [1.29, 1.82) is 0 Å². The average molecular weight is 226 g/mol. The first kappa shape index (κ1) is 12.1. The minimum Gasteiger partial charge on any atom is -0.342 e. The van der Waals surface area contributed by atoms with Crippen LogP contribution in [0, 0.1) is 0 Å². The summed E-state index contributed by atoms with van der Waals surface area (Å²) in [4.78, 5) is 13.6. The second-order valence-electron chi connectivity index (χ2n) is 3.28. The van der Waals surface area contributed by atoms with Crippen LogP contribution in [-0.2, 0) is 4.79 Å². The van der Waals surface area contributed by atoms with E-state index < -0.39 is 5.38 Å². The Morgan fingerprint density at radius 3 is 2.27 bits per heavy atom. The zero-order valence-electron chi connectivity index (χ0n) is 9.11. The van der Waals surface area contributed by atoms with Gasteiger partial charge in [-0.25, -0.2) is 0 Å². The molecule has 15 heavy (non-hydrogen) atoms. The maximum Gasteiger partial charge on any atom is 0.245 e. The highest BCUT2D eigenvalue weighted by atomic mass is 35.5. The number of halogens is 1. The van der Waals surface area contributed by atoms with Crippen LogP contribution in [0.5, 0.6) is 0 Å². The van der Waals surface area contributed by atoms with Crippen molar-refractivity contribution in [2.45, 2.75) is 19.2 Å². The first-order chi connectivity index (χ1) is 7.20. The summed E-state index contributed by atoms with van der Waals surface area (Å²) in [7, 11) is 0. The van der Waals surface area contributed by atoms with Crippen molar-refractivity contribution in [3.05, 3.63) is 35.9 Å². The Hall–Kier alpha value is -1.02. The third-order valence-electron chi connectivity index (χ3n) is 2.38. The van der Waals surface area contributed by atoms with Crippen molar-refractivity contribution < 1.29 is 4.79 Å². The van der Waals surface area contributed by atoms with Crippen LogP contribution in [0.4, 0.5) is 0 Å². The molecule has 0 saturated heterocycles. The van der Waals surface area contributed by atoms with E-state index in [4.69, 9.17) is 11.6 Å². The van der Waals surface area contributed by atoms with Crippen LogP contribution in [0.2, 0.25) is 0 Å². The summed E-state index contributed by atoms with van der Waals surface area (Å²) in [6.07, 6.45) is 0. The fourth-order valence-corrected chi connectivity index (χ4v) is 1.74. The van der Waals surface area contributed by atoms with Gasteiger partial charge in [-0.15, -0.1) is 11.6 Å². The molecule has 0 spiro atoms. The standard InChI is InChI=1S/C12H16ClNO/c1-3-14(4-2)12(15)11(13)10-8-6-5-7-9-10/h5-9,11H,3-4H2,1-2H3/t11-/m0/s1. The van der Waals surface area contributed by atoms with E-state index in [1.165, 1.54) is 0 Å². The highest BCUT2D eigenvalue weighted by Crippen LogP contribution is 2.22. The molecule has 1 amide bonds. The molecule has 0 unspecified atom stereocenters. The van der Waals surface area contributed by atoms with E-state index in [1.54, 1.807) is 4.90 Å². The topological polar surface area (TPSA) is 20.3 Å². The first-order valence-electron chi connectivity index (χ1n) is 5.18. The molecule has 0 radical (unpaired) electrons. The predicted octanol–water partition coefficient (Wildman–Crippen LogP) is 2.83. The van der Waals surface area contributed by atoms with Crippen LogP contribution in [0.1, 0.15) is 24.8 Å². The molecule has 0 fully saturated rings. The molecule has 3 heteroatoms. The van der Waals surface area contributed by atoms with Gasteiger partial charge in [-0.1, -0.05) is 30.3 Å². The van der Waals surface area contributed by atoms with Crippen LogP contribution < -0.4 is 0 Å². The number of carbonyl (C=O) groups excluding carboxylic acids is 1. The van der Waals surface area contributed by atoms with Gasteiger partial charge < -0.3 is 4.90 Å². The van der Waals surface area contributed by atoms with Crippen LogP contribution in [0.15, 0.2) is 30.3 Å². The quantitative estimate of drug-likeness (QED) is 0.722. The van der Waals surface area contributed by atoms with Gasteiger partial charge in [-0.2, -0.15) is 0 Å². The van der Waals surface area contributed by atoms with Crippen molar-refractivity contribution in [3.63, 3.8) is 0 Å². The van der Waals surface area contributed by atoms with E-state index in [0.29, 0.717) is 13.1 Å². The molecule has 0 heterocycles. The number of hydrogen-bond acceptors (Lipinski definition) is 1. The van der Waals surface area contributed by atoms with E-state index in [9.17, 15) is 4.79 Å². The van der Waals surface area contributed by atoms with Gasteiger partial charge in [0, 0.05) is 13.1 Å². The minimum atomic E-state index is -0.564. The highest BCUT2D eigenvalue weighted by Gasteiger charge is 2.21. The number of carbonyl (C=O) groups is 1. The molecule has 1 aromatic rings. The molecule has 82 valence electrons. The molecule has 0 bridgehead atoms. The molecular weight excluding hydrogens is 210 g/mol. The van der Waals surface area contributed by atoms with Crippen LogP contribution in [0.3, 0.4) is 0 Å². The summed E-state index contributed by atoms with van der Waals surface area (Å²) < 4.78 is 0. The molecule has 0 saturated carbocycles. The van der Waals surface area contributed by atoms with Crippen molar-refractivity contribution >= 4 is 17.5 Å². The fourth-order valence-electron chi connectivity index (χ4n) is 1.46. The lowest BCUT2D eigenvalue weighted by atomic mass is 10.1. The third kappa shape index (κ3) is 2.96. The Kier molecular flexibility index (Phi) is 4.63. The van der Waals surface area contributed by atoms with E-state index in [1.807, 2.05) is 44.2 Å². The number of nitrogens with zero attached hydrogens (tertiary/aromatic N) is 1. The van der Waals surface area contributed by atoms with E-state index in [2.05, 4.69) is 0 Å². The highest BCUT2D eigenvalue weighted by molar-refractivity contribution is 6.30. The lowest BCUT2D eigenvalue weighted by Gasteiger charge is -2.21. The SMILES string of the molecule is CCN(CC)C(=O)[C@@H](Cl)c1ccccc1. The van der Waals surface area contributed by atoms with Gasteiger partial charge >= 0.3 is 0 Å². The van der Waals surface area contributed by atoms with E-state index >= 15 is 0 Å². The number of likely N-dealkylation sites (N-methyl/N-ethyl adjacent to an activating group) is 1. The zero-order valence-corrected chi connectivity index (χ0v) is 9.87. The van der Waals surface area contributed by atoms with Crippen molar-refractivity contribution in [3.8, 4) is 0 Å². The molecule has 0 aliphatic rings. The normalized spacial score (nSPS) is 12.2. The van der Waals surface area contributed by atoms with Crippen LogP contribution >= 0.6 is 11.6 Å². The van der Waals surface area contributed by atoms with Crippen molar-refractivity contribution in [1.82, 2.24) is 4.90 Å². The monoisotopic (exact) mass is 225 g/mol. The van der Waals surface area contributed by atoms with Gasteiger partial charge in [0.2, 0.25) is 5.91 Å². The number of amides is 1. The zero-order chi connectivity index (χ0) is 11.3. The average Bonchev–Trinajstić information content (AvgIpc) is 2.30. The van der Waals surface area contributed by atoms with Gasteiger partial charge in [0.25, 0.3) is 0 Å². The maximum atomic E-state index is 11.9. The summed E-state index contributed by atoms with van der Waals surface area (Å²) in [5.74, 6) is -0.0205. The second kappa shape index (κ2) is 5.76. The Bertz CT molecular complexity index is 309. The van der Waals surface area contributed by atoms with Crippen molar-refractivity contribution in [2.75, 3.05) is 13.1 Å². The molecule has 1 aromatic carbocycles. The molecule has 0 N–H and O–H groups in total. The summed E-state index contributed by atoms with van der Waals surface area (Å²) in [6, 6.07) is 9.44. The summed E-state index contributed by atoms with van der Waals surface area (Å²) in [5.41, 5.74) is 0.857. The Morgan fingerprint density at radius 2 is 1.80 bits per heavy atom. The molecule has 1 atom stereocenters. The molecule has 0 aliphatic heterocycles. The Labute approximate surface area is 95.8 Å². The Morgan fingerprint density at radius 1 is 1.27 bits per heavy atom. The lowest BCUT2D eigenvalue weighted by Crippen LogP contribution is -2.33. The molecule has 0 aliphatic carbocycles. The lowest BCUT2D eigenvalue weighted by molar-refractivity contribution is -0.130. The van der Waals surface area contributed by atoms with Gasteiger partial charge in [-0.05, 0) is 19.4 Å². The predicted molar refractivity (Wildman–Crippen MR) is 63.0 cm³/mol. The van der Waals surface area contributed by atoms with Crippen LogP contribution in [0.25, 0.3) is 0 Å². The molecule has 0 aromatic heterocycles. The van der Waals surface area contributed by atoms with Gasteiger partial charge in [0.05, 0.1) is 0 Å². The second-order valence-corrected chi connectivity index (χ2v) is 3.72. The molecule has 1 rings (SSSR count). The number of hydrogen-bond donors (Lipinski definition) is 0. The first-order valence-corrected chi connectivity index (χ1v) is 5.62. The fraction of sp³-hybridized carbons (Fsp3) is 0.417. The number of benzene rings is 1. The summed E-state index contributed by atoms with van der Waals surface area (Å²) >= 11 is 6.12. The van der Waals surface area contributed by atoms with Gasteiger partial charge in [-0.3, -0.25) is 4.79 Å². The number of rotatable bonds is 4. The smallest absolute Gasteiger partial charge is 0.245 e. The molecular formula is C12H16ClNO. The summed E-state index contributed by atoms with van der Waals surface area (Å²) in [5, 5.41) is -0.564. The third-order valence-corrected chi connectivity index (χ3v) is 2.82. The summed E-state index contributed by atoms with van der Waals surface area (Å²) in [6.45, 7) is 5.31. The number of alkyl halides is 1. The van der Waals surface area contributed by atoms with Gasteiger partial charge in [0.1, 0.15) is 5.38 Å².